The van der Waals surface area contributed by atoms with Crippen LogP contribution < -0.4 is 19.6 Å². The average Bonchev–Trinajstić information content (AvgIpc) is 4.14. The second-order valence-corrected chi connectivity index (χ2v) is 24.3. The first-order valence-electron chi connectivity index (χ1n) is 28.1. The zero-order valence-corrected chi connectivity index (χ0v) is 45.2. The Balaban J connectivity index is 0.564. The first kappa shape index (κ1) is 51.2. The fraction of sp³-hybridized carbons (Fsp3) is 0.492. The first-order chi connectivity index (χ1) is 37.1. The van der Waals surface area contributed by atoms with E-state index in [-0.39, 0.29) is 35.7 Å². The minimum atomic E-state index is -0.575. The normalized spacial score (nSPS) is 22.8. The van der Waals surface area contributed by atoms with Gasteiger partial charge in [0.1, 0.15) is 23.8 Å². The van der Waals surface area contributed by atoms with Crippen LogP contribution in [0.1, 0.15) is 86.5 Å². The van der Waals surface area contributed by atoms with Gasteiger partial charge in [-0.3, -0.25) is 19.4 Å². The Kier molecular flexibility index (Phi) is 15.3. The molecule has 0 radical (unpaired) electrons. The monoisotopic (exact) mass is 1070 g/mol. The topological polar surface area (TPSA) is 89.1 Å². The molecule has 4 fully saturated rings. The summed E-state index contributed by atoms with van der Waals surface area (Å²) < 4.78 is 42.7. The first-order valence-corrected chi connectivity index (χ1v) is 29.9. The minimum absolute atomic E-state index is 0.178. The lowest BCUT2D eigenvalue weighted by Gasteiger charge is -2.37. The smallest absolute Gasteiger partial charge is 0.431 e. The molecular formula is C61H70F2N6O5S2. The number of halogens is 2. The molecule has 15 heteroatoms. The minimum Gasteiger partial charge on any atom is -0.431 e. The Hall–Kier alpha value is -5.61. The van der Waals surface area contributed by atoms with E-state index in [2.05, 4.69) is 68.1 Å². The summed E-state index contributed by atoms with van der Waals surface area (Å²) in [5, 5.41) is 6.33. The zero-order chi connectivity index (χ0) is 51.7. The number of thiophene rings is 2. The van der Waals surface area contributed by atoms with Gasteiger partial charge < -0.3 is 29.1 Å². The van der Waals surface area contributed by atoms with Gasteiger partial charge in [0, 0.05) is 134 Å². The maximum Gasteiger partial charge on any atom is 0.508 e. The van der Waals surface area contributed by atoms with E-state index in [1.54, 1.807) is 46.9 Å². The molecule has 2 saturated carbocycles. The Morgan fingerprint density at radius 2 is 0.921 bits per heavy atom. The van der Waals surface area contributed by atoms with Crippen LogP contribution in [0.25, 0.3) is 20.2 Å². The number of ether oxygens (including phenoxy) is 2. The maximum absolute atomic E-state index is 14.4. The molecule has 6 aliphatic rings. The number of carbonyl (C=O) groups is 3. The summed E-state index contributed by atoms with van der Waals surface area (Å²) in [6, 6.07) is 24.2. The highest BCUT2D eigenvalue weighted by atomic mass is 32.1. The highest BCUT2D eigenvalue weighted by Crippen LogP contribution is 2.38. The molecule has 0 bridgehead atoms. The van der Waals surface area contributed by atoms with Gasteiger partial charge in [0.25, 0.3) is 0 Å². The van der Waals surface area contributed by atoms with Crippen LogP contribution in [0.2, 0.25) is 0 Å². The molecule has 0 spiro atoms. The molecule has 6 aromatic rings. The quantitative estimate of drug-likeness (QED) is 0.0990. The molecule has 4 aromatic carbocycles. The van der Waals surface area contributed by atoms with E-state index in [0.717, 1.165) is 185 Å². The Bertz CT molecular complexity index is 2860. The predicted molar refractivity (Wildman–Crippen MR) is 302 cm³/mol. The van der Waals surface area contributed by atoms with Gasteiger partial charge in [-0.05, 0) is 170 Å². The molecule has 4 aliphatic heterocycles. The van der Waals surface area contributed by atoms with Gasteiger partial charge in [-0.2, -0.15) is 0 Å². The molecular weight excluding hydrogens is 999 g/mol. The molecule has 11 nitrogen and oxygen atoms in total. The Morgan fingerprint density at radius 1 is 0.500 bits per heavy atom. The molecule has 0 N–H and O–H groups in total. The van der Waals surface area contributed by atoms with E-state index >= 15 is 0 Å². The summed E-state index contributed by atoms with van der Waals surface area (Å²) in [5.74, 6) is 0.688. The van der Waals surface area contributed by atoms with Crippen molar-refractivity contribution in [2.24, 2.45) is 11.8 Å². The number of hydrogen-bond acceptors (Lipinski definition) is 11. The molecule has 0 atom stereocenters. The number of nitrogens with zero attached hydrogens (tertiary/aromatic N) is 6. The molecule has 2 aromatic heterocycles. The Morgan fingerprint density at radius 3 is 1.34 bits per heavy atom. The van der Waals surface area contributed by atoms with Crippen molar-refractivity contribution in [2.45, 2.75) is 102 Å². The summed E-state index contributed by atoms with van der Waals surface area (Å²) in [4.78, 5) is 53.8. The van der Waals surface area contributed by atoms with E-state index in [1.165, 1.54) is 22.3 Å². The van der Waals surface area contributed by atoms with Crippen LogP contribution in [0, 0.1) is 23.5 Å². The number of benzene rings is 4. The third-order valence-corrected chi connectivity index (χ3v) is 19.3. The SMILES string of the molecule is O=C(OC1CCC(CN2C(=O)CCc3ccc(CCN4CCN(c5cc(F)cc6sccc56)CC4)cc32)CC1)OC1CCC(CN2C(=O)CCc3ccc(CCN4CCN(c5cc(F)cc6sccc56)CC4)cc32)CC1. The van der Waals surface area contributed by atoms with Crippen molar-refractivity contribution >= 4 is 83.6 Å². The third kappa shape index (κ3) is 11.5. The summed E-state index contributed by atoms with van der Waals surface area (Å²) in [5.41, 5.74) is 9.05. The summed E-state index contributed by atoms with van der Waals surface area (Å²) in [6.07, 6.45) is 10.0. The fourth-order valence-electron chi connectivity index (χ4n) is 13.1. The molecule has 76 heavy (non-hydrogen) atoms. The van der Waals surface area contributed by atoms with Gasteiger partial charge in [-0.15, -0.1) is 22.7 Å². The van der Waals surface area contributed by atoms with Crippen LogP contribution in [0.15, 0.2) is 83.6 Å². The molecule has 6 heterocycles. The Labute approximate surface area is 453 Å². The largest absolute Gasteiger partial charge is 0.508 e. The van der Waals surface area contributed by atoms with Crippen LogP contribution in [-0.4, -0.2) is 119 Å². The second-order valence-electron chi connectivity index (χ2n) is 22.4. The van der Waals surface area contributed by atoms with E-state index in [4.69, 9.17) is 9.47 Å². The van der Waals surface area contributed by atoms with Crippen LogP contribution >= 0.6 is 22.7 Å². The molecule has 2 aliphatic carbocycles. The van der Waals surface area contributed by atoms with Crippen LogP contribution in [0.5, 0.6) is 0 Å². The van der Waals surface area contributed by atoms with E-state index in [0.29, 0.717) is 37.8 Å². The van der Waals surface area contributed by atoms with Crippen LogP contribution in [0.4, 0.5) is 36.3 Å². The van der Waals surface area contributed by atoms with Crippen molar-refractivity contribution in [1.29, 1.82) is 0 Å². The van der Waals surface area contributed by atoms with E-state index in [9.17, 15) is 23.2 Å². The van der Waals surface area contributed by atoms with Gasteiger partial charge in [0.05, 0.1) is 0 Å². The van der Waals surface area contributed by atoms with Crippen molar-refractivity contribution in [2.75, 3.05) is 98.1 Å². The van der Waals surface area contributed by atoms with Gasteiger partial charge in [-0.25, -0.2) is 13.6 Å². The molecule has 2 amide bonds. The number of hydrogen-bond donors (Lipinski definition) is 0. The van der Waals surface area contributed by atoms with Gasteiger partial charge in [-0.1, -0.05) is 24.3 Å². The second kappa shape index (κ2) is 22.8. The molecule has 400 valence electrons. The maximum atomic E-state index is 14.4. The van der Waals surface area contributed by atoms with E-state index < -0.39 is 6.16 Å². The molecule has 0 unspecified atom stereocenters. The van der Waals surface area contributed by atoms with Crippen molar-refractivity contribution in [3.05, 3.63) is 117 Å². The summed E-state index contributed by atoms with van der Waals surface area (Å²) >= 11 is 3.17. The fourth-order valence-corrected chi connectivity index (χ4v) is 14.8. The number of anilines is 4. The van der Waals surface area contributed by atoms with Crippen molar-refractivity contribution in [3.8, 4) is 0 Å². The highest BCUT2D eigenvalue weighted by molar-refractivity contribution is 7.17. The lowest BCUT2D eigenvalue weighted by molar-refractivity contribution is -0.119. The number of carbonyl (C=O) groups excluding carboxylic acids is 3. The number of amides is 2. The standard InChI is InChI=1S/C61H70F2N6O5S2/c62-47-35-55(51-19-31-75-57(51)37-47)66-27-23-64(24-28-66)21-17-41-1-7-45-9-15-59(70)68(53(45)33-41)39-43-3-11-49(12-4-43)73-61(72)74-50-13-5-44(6-14-50)40-69-54-34-42(2-8-46(54)10-16-60(69)71)18-22-65-25-29-67(30-26-65)56-36-48(63)38-58-52(56)20-32-76-58/h1-2,7-8,19-20,31-38,43-44,49-50H,3-6,9-18,21-30,39-40H2. The number of rotatable bonds is 14. The predicted octanol–water partition coefficient (Wildman–Crippen LogP) is 11.7. The number of fused-ring (bicyclic) bond motifs is 4. The number of piperazine rings is 2. The van der Waals surface area contributed by atoms with Crippen molar-refractivity contribution in [1.82, 2.24) is 9.80 Å². The van der Waals surface area contributed by atoms with Crippen molar-refractivity contribution in [3.63, 3.8) is 0 Å². The van der Waals surface area contributed by atoms with Gasteiger partial charge >= 0.3 is 6.16 Å². The lowest BCUT2D eigenvalue weighted by atomic mass is 9.86. The van der Waals surface area contributed by atoms with Crippen LogP contribution in [0.3, 0.4) is 0 Å². The average molecular weight is 1070 g/mol. The summed E-state index contributed by atoms with van der Waals surface area (Å²) in [6.45, 7) is 10.4. The zero-order valence-electron chi connectivity index (χ0n) is 43.6. The van der Waals surface area contributed by atoms with E-state index in [1.807, 2.05) is 20.6 Å². The lowest BCUT2D eigenvalue weighted by Crippen LogP contribution is -2.47. The third-order valence-electron chi connectivity index (χ3n) is 17.6. The van der Waals surface area contributed by atoms with Gasteiger partial charge in [0.2, 0.25) is 11.8 Å². The molecule has 2 saturated heterocycles. The summed E-state index contributed by atoms with van der Waals surface area (Å²) in [7, 11) is 0. The number of aryl methyl sites for hydroxylation is 2. The van der Waals surface area contributed by atoms with Crippen LogP contribution in [-0.2, 0) is 44.7 Å². The van der Waals surface area contributed by atoms with Gasteiger partial charge in [0.15, 0.2) is 0 Å². The highest BCUT2D eigenvalue weighted by Gasteiger charge is 2.34. The molecule has 12 rings (SSSR count). The van der Waals surface area contributed by atoms with Crippen molar-refractivity contribution < 1.29 is 32.6 Å².